The smallest absolute Gasteiger partial charge is 0.205 e. The second kappa shape index (κ2) is 3.96. The summed E-state index contributed by atoms with van der Waals surface area (Å²) in [7, 11) is 0. The normalized spacial score (nSPS) is 10.9. The Hall–Kier alpha value is -0.770. The zero-order valence-corrected chi connectivity index (χ0v) is 7.08. The van der Waals surface area contributed by atoms with Crippen molar-refractivity contribution in [1.82, 2.24) is 0 Å². The van der Waals surface area contributed by atoms with Gasteiger partial charge in [-0.25, -0.2) is 17.6 Å². The topological polar surface area (TPSA) is 0 Å². The molecule has 1 aromatic rings. The molecule has 0 saturated heterocycles. The molecule has 0 amide bonds. The second-order valence-electron chi connectivity index (χ2n) is 2.37. The van der Waals surface area contributed by atoms with Gasteiger partial charge in [-0.1, -0.05) is 6.07 Å². The molecule has 5 heteroatoms. The highest BCUT2D eigenvalue weighted by atomic mass is 35.5. The fourth-order valence-corrected chi connectivity index (χ4v) is 1.19. The minimum Gasteiger partial charge on any atom is -0.205 e. The third-order valence-electron chi connectivity index (χ3n) is 1.59. The van der Waals surface area contributed by atoms with Gasteiger partial charge in [0.15, 0.2) is 11.6 Å². The number of rotatable bonds is 2. The van der Waals surface area contributed by atoms with Crippen LogP contribution in [0.15, 0.2) is 12.1 Å². The van der Waals surface area contributed by atoms with E-state index in [9.17, 15) is 17.6 Å². The van der Waals surface area contributed by atoms with Crippen molar-refractivity contribution in [3.8, 4) is 0 Å². The van der Waals surface area contributed by atoms with Crippen LogP contribution in [0.4, 0.5) is 17.6 Å². The highest BCUT2D eigenvalue weighted by molar-refractivity contribution is 6.17. The van der Waals surface area contributed by atoms with Crippen LogP contribution < -0.4 is 0 Å². The quantitative estimate of drug-likeness (QED) is 0.519. The molecule has 72 valence electrons. The minimum atomic E-state index is -3.05. The fourth-order valence-electron chi connectivity index (χ4n) is 0.959. The first-order valence-electron chi connectivity index (χ1n) is 3.38. The first-order chi connectivity index (χ1) is 6.07. The molecule has 0 N–H and O–H groups in total. The molecule has 0 spiro atoms. The Balaban J connectivity index is 3.32. The van der Waals surface area contributed by atoms with Crippen LogP contribution in [0.2, 0.25) is 0 Å². The second-order valence-corrected chi connectivity index (χ2v) is 2.64. The lowest BCUT2D eigenvalue weighted by Crippen LogP contribution is -1.99. The molecule has 0 nitrogen and oxygen atoms in total. The molecule has 0 atom stereocenters. The van der Waals surface area contributed by atoms with Crippen LogP contribution in [-0.2, 0) is 5.88 Å². The van der Waals surface area contributed by atoms with E-state index < -0.39 is 23.6 Å². The van der Waals surface area contributed by atoms with Gasteiger partial charge in [-0.15, -0.1) is 11.6 Å². The highest BCUT2D eigenvalue weighted by Crippen LogP contribution is 2.28. The van der Waals surface area contributed by atoms with Crippen molar-refractivity contribution in [3.63, 3.8) is 0 Å². The Labute approximate surface area is 77.1 Å². The summed E-state index contributed by atoms with van der Waals surface area (Å²) < 4.78 is 49.7. The maximum absolute atomic E-state index is 12.8. The first-order valence-corrected chi connectivity index (χ1v) is 3.92. The molecule has 13 heavy (non-hydrogen) atoms. The van der Waals surface area contributed by atoms with Crippen LogP contribution >= 0.6 is 11.6 Å². The van der Waals surface area contributed by atoms with Crippen LogP contribution in [-0.4, -0.2) is 0 Å². The van der Waals surface area contributed by atoms with Gasteiger partial charge in [0, 0.05) is 5.88 Å². The predicted octanol–water partition coefficient (Wildman–Crippen LogP) is 3.64. The molecule has 0 unspecified atom stereocenters. The first kappa shape index (κ1) is 10.3. The number of halogens is 5. The summed E-state index contributed by atoms with van der Waals surface area (Å²) in [6.45, 7) is 0. The van der Waals surface area contributed by atoms with E-state index in [-0.39, 0.29) is 11.4 Å². The van der Waals surface area contributed by atoms with E-state index in [1.807, 2.05) is 0 Å². The summed E-state index contributed by atoms with van der Waals surface area (Å²) in [6, 6.07) is 1.83. The van der Waals surface area contributed by atoms with Crippen molar-refractivity contribution in [2.75, 3.05) is 0 Å². The zero-order chi connectivity index (χ0) is 10.0. The van der Waals surface area contributed by atoms with E-state index in [4.69, 9.17) is 11.6 Å². The molecule has 0 heterocycles. The molecule has 0 aliphatic heterocycles. The Morgan fingerprint density at radius 2 is 1.85 bits per heavy atom. The van der Waals surface area contributed by atoms with E-state index in [1.54, 1.807) is 0 Å². The molecule has 0 aliphatic rings. The van der Waals surface area contributed by atoms with Crippen molar-refractivity contribution in [2.24, 2.45) is 0 Å². The molecule has 1 aromatic carbocycles. The maximum Gasteiger partial charge on any atom is 0.267 e. The zero-order valence-electron chi connectivity index (χ0n) is 6.33. The summed E-state index contributed by atoms with van der Waals surface area (Å²) in [6.07, 6.45) is -3.05. The van der Waals surface area contributed by atoms with Gasteiger partial charge in [0.1, 0.15) is 0 Å². The number of hydrogen-bond donors (Lipinski definition) is 0. The van der Waals surface area contributed by atoms with Gasteiger partial charge in [0.2, 0.25) is 0 Å². The summed E-state index contributed by atoms with van der Waals surface area (Å²) >= 11 is 5.28. The Kier molecular flexibility index (Phi) is 3.14. The van der Waals surface area contributed by atoms with Crippen LogP contribution in [0.25, 0.3) is 0 Å². The molecular weight excluding hydrogens is 208 g/mol. The lowest BCUT2D eigenvalue weighted by atomic mass is 10.1. The lowest BCUT2D eigenvalue weighted by Gasteiger charge is -2.07. The average Bonchev–Trinajstić information content (AvgIpc) is 2.08. The minimum absolute atomic E-state index is 0.0874. The number of alkyl halides is 3. The molecule has 0 radical (unpaired) electrons. The molecule has 1 rings (SSSR count). The molecule has 0 fully saturated rings. The summed E-state index contributed by atoms with van der Waals surface area (Å²) in [5, 5.41) is 0. The summed E-state index contributed by atoms with van der Waals surface area (Å²) in [5.74, 6) is -3.08. The van der Waals surface area contributed by atoms with Gasteiger partial charge in [-0.2, -0.15) is 0 Å². The maximum atomic E-state index is 12.8. The molecular formula is C8H5ClF4. The average molecular weight is 213 g/mol. The van der Waals surface area contributed by atoms with Gasteiger partial charge >= 0.3 is 0 Å². The standard InChI is InChI=1S/C8H5ClF4/c9-3-4-1-2-5(10)7(11)6(4)8(12)13/h1-2,8H,3H2. The van der Waals surface area contributed by atoms with Crippen molar-refractivity contribution >= 4 is 11.6 Å². The highest BCUT2D eigenvalue weighted by Gasteiger charge is 2.20. The van der Waals surface area contributed by atoms with Crippen molar-refractivity contribution < 1.29 is 17.6 Å². The SMILES string of the molecule is Fc1ccc(CCl)c(C(F)F)c1F. The summed E-state index contributed by atoms with van der Waals surface area (Å²) in [4.78, 5) is 0. The van der Waals surface area contributed by atoms with Crippen LogP contribution in [0.3, 0.4) is 0 Å². The van der Waals surface area contributed by atoms with E-state index in [2.05, 4.69) is 0 Å². The molecule has 0 saturated carbocycles. The number of benzene rings is 1. The molecule has 0 aliphatic carbocycles. The Morgan fingerprint density at radius 3 is 2.31 bits per heavy atom. The van der Waals surface area contributed by atoms with Gasteiger partial charge in [-0.3, -0.25) is 0 Å². The van der Waals surface area contributed by atoms with E-state index >= 15 is 0 Å². The Bertz CT molecular complexity index is 311. The van der Waals surface area contributed by atoms with Gasteiger partial charge in [0.05, 0.1) is 5.56 Å². The molecule has 0 aromatic heterocycles. The van der Waals surface area contributed by atoms with Crippen molar-refractivity contribution in [1.29, 1.82) is 0 Å². The van der Waals surface area contributed by atoms with Crippen LogP contribution in [0, 0.1) is 11.6 Å². The third-order valence-corrected chi connectivity index (χ3v) is 1.87. The lowest BCUT2D eigenvalue weighted by molar-refractivity contribution is 0.144. The Morgan fingerprint density at radius 1 is 1.23 bits per heavy atom. The van der Waals surface area contributed by atoms with Gasteiger partial charge in [-0.05, 0) is 11.6 Å². The van der Waals surface area contributed by atoms with E-state index in [0.29, 0.717) is 0 Å². The largest absolute Gasteiger partial charge is 0.267 e. The van der Waals surface area contributed by atoms with Crippen molar-refractivity contribution in [2.45, 2.75) is 12.3 Å². The van der Waals surface area contributed by atoms with E-state index in [0.717, 1.165) is 12.1 Å². The van der Waals surface area contributed by atoms with Crippen molar-refractivity contribution in [3.05, 3.63) is 34.9 Å². The molecule has 0 bridgehead atoms. The summed E-state index contributed by atoms with van der Waals surface area (Å²) in [5.41, 5.74) is -1.04. The third kappa shape index (κ3) is 1.94. The van der Waals surface area contributed by atoms with Crippen LogP contribution in [0.5, 0.6) is 0 Å². The van der Waals surface area contributed by atoms with Gasteiger partial charge in [0.25, 0.3) is 6.43 Å². The fraction of sp³-hybridized carbons (Fsp3) is 0.250. The van der Waals surface area contributed by atoms with E-state index in [1.165, 1.54) is 0 Å². The number of hydrogen-bond acceptors (Lipinski definition) is 0. The van der Waals surface area contributed by atoms with Gasteiger partial charge < -0.3 is 0 Å². The monoisotopic (exact) mass is 212 g/mol. The predicted molar refractivity (Wildman–Crippen MR) is 40.9 cm³/mol. The van der Waals surface area contributed by atoms with Crippen LogP contribution in [0.1, 0.15) is 17.6 Å².